The van der Waals surface area contributed by atoms with Crippen LogP contribution >= 0.6 is 0 Å². The van der Waals surface area contributed by atoms with E-state index in [1.54, 1.807) is 54.4 Å². The van der Waals surface area contributed by atoms with Crippen LogP contribution in [0, 0.1) is 0 Å². The van der Waals surface area contributed by atoms with E-state index in [4.69, 9.17) is 9.47 Å². The van der Waals surface area contributed by atoms with Crippen LogP contribution in [0.5, 0.6) is 0 Å². The number of nitrogens with zero attached hydrogens (tertiary/aromatic N) is 2. The molecule has 0 aliphatic carbocycles. The van der Waals surface area contributed by atoms with Gasteiger partial charge in [0.25, 0.3) is 5.91 Å². The Kier molecular flexibility index (Phi) is 5.80. The number of amides is 1. The fraction of sp³-hybridized carbons (Fsp3) is 0.316. The normalized spacial score (nSPS) is 14.0. The Morgan fingerprint density at radius 3 is 2.42 bits per heavy atom. The summed E-state index contributed by atoms with van der Waals surface area (Å²) < 4.78 is 10.2. The molecule has 7 nitrogen and oxygen atoms in total. The standard InChI is InChI=1S/C19H21N3O4/c1-2-26-19(24)14-3-6-16(7-4-14)21-17-8-5-15(13-20-17)18(23)22-9-11-25-12-10-22/h3-8,13H,2,9-12H2,1H3,(H,20,21). The average molecular weight is 355 g/mol. The minimum Gasteiger partial charge on any atom is -0.462 e. The Hall–Kier alpha value is -2.93. The van der Waals surface area contributed by atoms with Gasteiger partial charge in [0.05, 0.1) is 30.9 Å². The molecule has 0 spiro atoms. The molecule has 0 atom stereocenters. The summed E-state index contributed by atoms with van der Waals surface area (Å²) >= 11 is 0. The summed E-state index contributed by atoms with van der Waals surface area (Å²) in [5.74, 6) is 0.238. The van der Waals surface area contributed by atoms with Crippen LogP contribution < -0.4 is 5.32 Å². The lowest BCUT2D eigenvalue weighted by Gasteiger charge is -2.26. The van der Waals surface area contributed by atoms with Gasteiger partial charge in [0.1, 0.15) is 5.82 Å². The molecule has 1 amide bonds. The van der Waals surface area contributed by atoms with E-state index in [0.29, 0.717) is 49.9 Å². The van der Waals surface area contributed by atoms with Gasteiger partial charge in [-0.3, -0.25) is 4.79 Å². The van der Waals surface area contributed by atoms with Gasteiger partial charge < -0.3 is 19.7 Å². The minimum atomic E-state index is -0.344. The van der Waals surface area contributed by atoms with E-state index in [-0.39, 0.29) is 11.9 Å². The van der Waals surface area contributed by atoms with Crippen LogP contribution in [0.15, 0.2) is 42.6 Å². The lowest BCUT2D eigenvalue weighted by Crippen LogP contribution is -2.40. The van der Waals surface area contributed by atoms with Gasteiger partial charge in [0.2, 0.25) is 0 Å². The maximum atomic E-state index is 12.4. The largest absolute Gasteiger partial charge is 0.462 e. The van der Waals surface area contributed by atoms with E-state index in [2.05, 4.69) is 10.3 Å². The van der Waals surface area contributed by atoms with Crippen molar-refractivity contribution in [2.75, 3.05) is 38.2 Å². The quantitative estimate of drug-likeness (QED) is 0.830. The molecule has 26 heavy (non-hydrogen) atoms. The van der Waals surface area contributed by atoms with Crippen molar-refractivity contribution in [2.24, 2.45) is 0 Å². The van der Waals surface area contributed by atoms with Crippen LogP contribution in [-0.2, 0) is 9.47 Å². The Bertz CT molecular complexity index is 753. The van der Waals surface area contributed by atoms with Crippen LogP contribution in [-0.4, -0.2) is 54.7 Å². The van der Waals surface area contributed by atoms with Crippen molar-refractivity contribution < 1.29 is 19.1 Å². The summed E-state index contributed by atoms with van der Waals surface area (Å²) in [5, 5.41) is 3.14. The number of rotatable bonds is 5. The van der Waals surface area contributed by atoms with Gasteiger partial charge in [-0.1, -0.05) is 0 Å². The Balaban J connectivity index is 1.62. The Morgan fingerprint density at radius 2 is 1.81 bits per heavy atom. The molecule has 2 aromatic rings. The number of nitrogens with one attached hydrogen (secondary N) is 1. The van der Waals surface area contributed by atoms with E-state index in [9.17, 15) is 9.59 Å². The minimum absolute atomic E-state index is 0.0360. The second kappa shape index (κ2) is 8.44. The molecule has 7 heteroatoms. The molecule has 0 saturated carbocycles. The van der Waals surface area contributed by atoms with Crippen molar-refractivity contribution in [1.29, 1.82) is 0 Å². The molecule has 1 N–H and O–H groups in total. The molecule has 1 aromatic carbocycles. The fourth-order valence-electron chi connectivity index (χ4n) is 2.60. The molecule has 1 aromatic heterocycles. The van der Waals surface area contributed by atoms with E-state index in [1.807, 2.05) is 0 Å². The third kappa shape index (κ3) is 4.37. The number of pyridine rings is 1. The van der Waals surface area contributed by atoms with Gasteiger partial charge in [-0.15, -0.1) is 0 Å². The van der Waals surface area contributed by atoms with E-state index >= 15 is 0 Å². The van der Waals surface area contributed by atoms with Crippen molar-refractivity contribution in [3.05, 3.63) is 53.7 Å². The van der Waals surface area contributed by atoms with Crippen LogP contribution in [0.25, 0.3) is 0 Å². The van der Waals surface area contributed by atoms with Gasteiger partial charge in [0.15, 0.2) is 0 Å². The molecule has 0 unspecified atom stereocenters. The number of morpholine rings is 1. The molecule has 0 radical (unpaired) electrons. The van der Waals surface area contributed by atoms with Gasteiger partial charge in [0, 0.05) is 25.0 Å². The molecule has 2 heterocycles. The number of hydrogen-bond donors (Lipinski definition) is 1. The highest BCUT2D eigenvalue weighted by molar-refractivity contribution is 5.94. The summed E-state index contributed by atoms with van der Waals surface area (Å²) in [5.41, 5.74) is 1.84. The average Bonchev–Trinajstić information content (AvgIpc) is 2.69. The highest BCUT2D eigenvalue weighted by Crippen LogP contribution is 2.17. The summed E-state index contributed by atoms with van der Waals surface area (Å²) in [7, 11) is 0. The third-order valence-electron chi connectivity index (χ3n) is 3.98. The topological polar surface area (TPSA) is 80.8 Å². The van der Waals surface area contributed by atoms with E-state index in [0.717, 1.165) is 5.69 Å². The maximum absolute atomic E-state index is 12.4. The number of carbonyl (C=O) groups excluding carboxylic acids is 2. The van der Waals surface area contributed by atoms with Gasteiger partial charge in [-0.2, -0.15) is 0 Å². The predicted molar refractivity (Wildman–Crippen MR) is 96.6 cm³/mol. The number of anilines is 2. The second-order valence-electron chi connectivity index (χ2n) is 5.76. The number of hydrogen-bond acceptors (Lipinski definition) is 6. The molecule has 1 aliphatic rings. The van der Waals surface area contributed by atoms with Gasteiger partial charge in [-0.05, 0) is 43.3 Å². The SMILES string of the molecule is CCOC(=O)c1ccc(Nc2ccc(C(=O)N3CCOCC3)cn2)cc1. The summed E-state index contributed by atoms with van der Waals surface area (Å²) in [6.07, 6.45) is 1.56. The first-order valence-corrected chi connectivity index (χ1v) is 8.54. The van der Waals surface area contributed by atoms with Crippen molar-refractivity contribution in [2.45, 2.75) is 6.92 Å². The molecule has 136 valence electrons. The van der Waals surface area contributed by atoms with Crippen molar-refractivity contribution in [3.63, 3.8) is 0 Å². The third-order valence-corrected chi connectivity index (χ3v) is 3.98. The van der Waals surface area contributed by atoms with Gasteiger partial charge in [-0.25, -0.2) is 9.78 Å². The highest BCUT2D eigenvalue weighted by Gasteiger charge is 2.18. The van der Waals surface area contributed by atoms with E-state index < -0.39 is 0 Å². The summed E-state index contributed by atoms with van der Waals surface area (Å²) in [6.45, 7) is 4.46. The predicted octanol–water partition coefficient (Wildman–Crippen LogP) is 2.47. The van der Waals surface area contributed by atoms with Crippen LogP contribution in [0.2, 0.25) is 0 Å². The van der Waals surface area contributed by atoms with Gasteiger partial charge >= 0.3 is 5.97 Å². The van der Waals surface area contributed by atoms with Crippen molar-refractivity contribution >= 4 is 23.4 Å². The number of aromatic nitrogens is 1. The first-order chi connectivity index (χ1) is 12.7. The zero-order chi connectivity index (χ0) is 18.4. The number of ether oxygens (including phenoxy) is 2. The Labute approximate surface area is 151 Å². The first-order valence-electron chi connectivity index (χ1n) is 8.54. The molecule has 3 rings (SSSR count). The molecule has 1 fully saturated rings. The summed E-state index contributed by atoms with van der Waals surface area (Å²) in [4.78, 5) is 30.1. The van der Waals surface area contributed by atoms with Crippen molar-refractivity contribution in [3.8, 4) is 0 Å². The first kappa shape index (κ1) is 17.9. The summed E-state index contributed by atoms with van der Waals surface area (Å²) in [6, 6.07) is 10.4. The monoisotopic (exact) mass is 355 g/mol. The van der Waals surface area contributed by atoms with Crippen molar-refractivity contribution in [1.82, 2.24) is 9.88 Å². The fourth-order valence-corrected chi connectivity index (χ4v) is 2.60. The number of carbonyl (C=O) groups is 2. The molecule has 1 saturated heterocycles. The van der Waals surface area contributed by atoms with Crippen LogP contribution in [0.3, 0.4) is 0 Å². The zero-order valence-electron chi connectivity index (χ0n) is 14.6. The second-order valence-corrected chi connectivity index (χ2v) is 5.76. The van der Waals surface area contributed by atoms with Crippen LogP contribution in [0.4, 0.5) is 11.5 Å². The number of esters is 1. The molecular formula is C19H21N3O4. The highest BCUT2D eigenvalue weighted by atomic mass is 16.5. The molecule has 1 aliphatic heterocycles. The molecule has 0 bridgehead atoms. The van der Waals surface area contributed by atoms with E-state index in [1.165, 1.54) is 0 Å². The zero-order valence-corrected chi connectivity index (χ0v) is 14.6. The number of benzene rings is 1. The Morgan fingerprint density at radius 1 is 1.12 bits per heavy atom. The smallest absolute Gasteiger partial charge is 0.338 e. The lowest BCUT2D eigenvalue weighted by atomic mass is 10.2. The molecular weight excluding hydrogens is 334 g/mol. The maximum Gasteiger partial charge on any atom is 0.338 e. The van der Waals surface area contributed by atoms with Crippen LogP contribution in [0.1, 0.15) is 27.6 Å². The lowest BCUT2D eigenvalue weighted by molar-refractivity contribution is 0.0302.